The maximum absolute atomic E-state index is 13.5. The van der Waals surface area contributed by atoms with E-state index >= 15 is 0 Å². The summed E-state index contributed by atoms with van der Waals surface area (Å²) in [7, 11) is 0. The van der Waals surface area contributed by atoms with Crippen LogP contribution in [0.2, 0.25) is 0 Å². The molecule has 4 aromatic rings. The van der Waals surface area contributed by atoms with Crippen LogP contribution in [0.5, 0.6) is 5.88 Å². The van der Waals surface area contributed by atoms with Gasteiger partial charge in [-0.1, -0.05) is 6.08 Å². The van der Waals surface area contributed by atoms with E-state index in [4.69, 9.17) is 9.72 Å². The van der Waals surface area contributed by atoms with Gasteiger partial charge >= 0.3 is 0 Å². The average molecular weight is 471 g/mol. The van der Waals surface area contributed by atoms with E-state index in [2.05, 4.69) is 25.3 Å². The van der Waals surface area contributed by atoms with Crippen molar-refractivity contribution in [3.05, 3.63) is 84.3 Å². The number of fused-ring (bicyclic) bond motifs is 1. The highest BCUT2D eigenvalue weighted by Gasteiger charge is 2.15. The van der Waals surface area contributed by atoms with Gasteiger partial charge in [0.1, 0.15) is 23.9 Å². The number of carbonyl (C=O) groups is 1. The average Bonchev–Trinajstić information content (AvgIpc) is 3.59. The highest BCUT2D eigenvalue weighted by molar-refractivity contribution is 5.97. The summed E-state index contributed by atoms with van der Waals surface area (Å²) in [6.45, 7) is 0.728. The maximum Gasteiger partial charge on any atom is 0.251 e. The first-order valence-electron chi connectivity index (χ1n) is 11.3. The Hall–Kier alpha value is -4.40. The summed E-state index contributed by atoms with van der Waals surface area (Å²) in [5.74, 6) is 0.403. The molecule has 0 spiro atoms. The number of halogens is 1. The van der Waals surface area contributed by atoms with Crippen LogP contribution in [-0.2, 0) is 6.61 Å². The largest absolute Gasteiger partial charge is 0.468 e. The van der Waals surface area contributed by atoms with Gasteiger partial charge in [0.25, 0.3) is 5.91 Å². The molecule has 2 aromatic heterocycles. The van der Waals surface area contributed by atoms with Gasteiger partial charge in [0.2, 0.25) is 5.88 Å². The van der Waals surface area contributed by atoms with Crippen molar-refractivity contribution in [3.63, 3.8) is 0 Å². The van der Waals surface area contributed by atoms with Gasteiger partial charge in [-0.25, -0.2) is 19.3 Å². The minimum Gasteiger partial charge on any atom is -0.468 e. The van der Waals surface area contributed by atoms with Crippen molar-refractivity contribution in [2.45, 2.75) is 25.9 Å². The predicted molar refractivity (Wildman–Crippen MR) is 131 cm³/mol. The molecular weight excluding hydrogens is 447 g/mol. The first kappa shape index (κ1) is 22.4. The SMILES string of the molecule is O=C(NCCCC1=NC=CC1)c1ccc2nc(OCc3ncc[nH]3)c(-c3ccc(F)cc3)nc2c1. The number of hydrogen-bond acceptors (Lipinski definition) is 6. The van der Waals surface area contributed by atoms with Crippen LogP contribution in [0.4, 0.5) is 4.39 Å². The summed E-state index contributed by atoms with van der Waals surface area (Å²) in [6, 6.07) is 11.1. The van der Waals surface area contributed by atoms with E-state index in [1.165, 1.54) is 12.1 Å². The van der Waals surface area contributed by atoms with Crippen molar-refractivity contribution in [2.75, 3.05) is 6.54 Å². The number of benzene rings is 2. The highest BCUT2D eigenvalue weighted by Crippen LogP contribution is 2.30. The molecule has 0 saturated heterocycles. The fourth-order valence-corrected chi connectivity index (χ4v) is 3.75. The summed E-state index contributed by atoms with van der Waals surface area (Å²) >= 11 is 0. The molecule has 35 heavy (non-hydrogen) atoms. The van der Waals surface area contributed by atoms with Crippen molar-refractivity contribution in [3.8, 4) is 17.1 Å². The number of aliphatic imine (C=N–C) groups is 1. The zero-order valence-corrected chi connectivity index (χ0v) is 18.9. The predicted octanol–water partition coefficient (Wildman–Crippen LogP) is 4.61. The number of nitrogens with one attached hydrogen (secondary N) is 2. The van der Waals surface area contributed by atoms with E-state index in [0.29, 0.717) is 46.1 Å². The standard InChI is InChI=1S/C26H23FN6O2/c27-19-8-5-17(6-9-19)24-26(35-16-23-29-13-14-30-23)33-21-10-7-18(15-22(21)32-24)25(34)31-12-2-4-20-3-1-11-28-20/h1,5-11,13-15H,2-4,12,16H2,(H,29,30)(H,31,34). The van der Waals surface area contributed by atoms with Crippen molar-refractivity contribution in [1.29, 1.82) is 0 Å². The van der Waals surface area contributed by atoms with Crippen molar-refractivity contribution >= 4 is 22.7 Å². The van der Waals surface area contributed by atoms with Crippen LogP contribution in [0.3, 0.4) is 0 Å². The van der Waals surface area contributed by atoms with E-state index in [1.807, 2.05) is 12.3 Å². The molecule has 5 rings (SSSR count). The monoisotopic (exact) mass is 470 g/mol. The van der Waals surface area contributed by atoms with E-state index in [0.717, 1.165) is 25.0 Å². The number of amides is 1. The second-order valence-corrected chi connectivity index (χ2v) is 8.06. The number of imidazole rings is 1. The zero-order chi connectivity index (χ0) is 24.0. The lowest BCUT2D eigenvalue weighted by Gasteiger charge is -2.12. The minimum atomic E-state index is -0.351. The van der Waals surface area contributed by atoms with Crippen LogP contribution in [-0.4, -0.2) is 38.1 Å². The van der Waals surface area contributed by atoms with Crippen molar-refractivity contribution < 1.29 is 13.9 Å². The number of aromatic amines is 1. The molecule has 1 amide bonds. The number of aromatic nitrogens is 4. The molecule has 0 bridgehead atoms. The third-order valence-corrected chi connectivity index (χ3v) is 5.56. The second-order valence-electron chi connectivity index (χ2n) is 8.06. The summed E-state index contributed by atoms with van der Waals surface area (Å²) < 4.78 is 19.4. The Balaban J connectivity index is 1.37. The molecule has 0 saturated carbocycles. The summed E-state index contributed by atoms with van der Waals surface area (Å²) in [5, 5.41) is 2.95. The molecule has 8 nitrogen and oxygen atoms in total. The number of ether oxygens (including phenoxy) is 1. The summed E-state index contributed by atoms with van der Waals surface area (Å²) in [6.07, 6.45) is 9.76. The Morgan fingerprint density at radius 1 is 1.11 bits per heavy atom. The molecule has 2 N–H and O–H groups in total. The van der Waals surface area contributed by atoms with Crippen LogP contribution >= 0.6 is 0 Å². The molecule has 176 valence electrons. The highest BCUT2D eigenvalue weighted by atomic mass is 19.1. The van der Waals surface area contributed by atoms with Gasteiger partial charge in [-0.05, 0) is 55.3 Å². The van der Waals surface area contributed by atoms with Crippen LogP contribution < -0.4 is 10.1 Å². The number of H-pyrrole nitrogens is 1. The fourth-order valence-electron chi connectivity index (χ4n) is 3.75. The quantitative estimate of drug-likeness (QED) is 0.348. The van der Waals surface area contributed by atoms with Gasteiger partial charge in [0, 0.05) is 48.4 Å². The van der Waals surface area contributed by atoms with Crippen molar-refractivity contribution in [2.24, 2.45) is 4.99 Å². The molecule has 0 radical (unpaired) electrons. The molecule has 0 fully saturated rings. The second kappa shape index (κ2) is 10.3. The summed E-state index contributed by atoms with van der Waals surface area (Å²) in [5.41, 5.74) is 3.84. The van der Waals surface area contributed by atoms with Gasteiger partial charge in [0.15, 0.2) is 0 Å². The molecule has 2 aromatic carbocycles. The van der Waals surface area contributed by atoms with Crippen LogP contribution in [0, 0.1) is 5.82 Å². The smallest absolute Gasteiger partial charge is 0.251 e. The lowest BCUT2D eigenvalue weighted by Crippen LogP contribution is -2.24. The lowest BCUT2D eigenvalue weighted by molar-refractivity contribution is 0.0953. The van der Waals surface area contributed by atoms with Gasteiger partial charge in [-0.2, -0.15) is 0 Å². The van der Waals surface area contributed by atoms with Gasteiger partial charge < -0.3 is 15.0 Å². The lowest BCUT2D eigenvalue weighted by atomic mass is 10.1. The molecule has 1 aliphatic heterocycles. The number of carbonyl (C=O) groups excluding carboxylic acids is 1. The molecule has 1 aliphatic rings. The van der Waals surface area contributed by atoms with E-state index in [9.17, 15) is 9.18 Å². The van der Waals surface area contributed by atoms with Crippen LogP contribution in [0.15, 0.2) is 72.1 Å². The van der Waals surface area contributed by atoms with Crippen LogP contribution in [0.1, 0.15) is 35.4 Å². The number of hydrogen-bond donors (Lipinski definition) is 2. The van der Waals surface area contributed by atoms with Gasteiger partial charge in [-0.15, -0.1) is 0 Å². The first-order valence-corrected chi connectivity index (χ1v) is 11.3. The number of rotatable bonds is 9. The topological polar surface area (TPSA) is 105 Å². The third kappa shape index (κ3) is 5.40. The fraction of sp³-hybridized carbons (Fsp3) is 0.192. The van der Waals surface area contributed by atoms with E-state index in [-0.39, 0.29) is 18.3 Å². The molecular formula is C26H23FN6O2. The van der Waals surface area contributed by atoms with Crippen molar-refractivity contribution in [1.82, 2.24) is 25.3 Å². The molecule has 0 aliphatic carbocycles. The van der Waals surface area contributed by atoms with Gasteiger partial charge in [-0.3, -0.25) is 9.79 Å². The van der Waals surface area contributed by atoms with Gasteiger partial charge in [0.05, 0.1) is 11.0 Å². The number of allylic oxidation sites excluding steroid dienone is 1. The van der Waals surface area contributed by atoms with E-state index < -0.39 is 0 Å². The molecule has 0 atom stereocenters. The molecule has 0 unspecified atom stereocenters. The zero-order valence-electron chi connectivity index (χ0n) is 18.9. The Morgan fingerprint density at radius 3 is 2.77 bits per heavy atom. The third-order valence-electron chi connectivity index (χ3n) is 5.56. The molecule has 9 heteroatoms. The Morgan fingerprint density at radius 2 is 2.00 bits per heavy atom. The number of nitrogens with zero attached hydrogens (tertiary/aromatic N) is 4. The Labute approximate surface area is 201 Å². The van der Waals surface area contributed by atoms with E-state index in [1.54, 1.807) is 42.7 Å². The molecule has 3 heterocycles. The minimum absolute atomic E-state index is 0.171. The Bertz CT molecular complexity index is 1400. The maximum atomic E-state index is 13.5. The van der Waals surface area contributed by atoms with Crippen LogP contribution in [0.25, 0.3) is 22.3 Å². The summed E-state index contributed by atoms with van der Waals surface area (Å²) in [4.78, 5) is 33.5. The first-order chi connectivity index (χ1) is 17.2. The normalized spacial score (nSPS) is 12.7. The Kier molecular flexibility index (Phi) is 6.56.